The molecule has 0 aliphatic carbocycles. The van der Waals surface area contributed by atoms with Gasteiger partial charge in [-0.1, -0.05) is 24.1 Å². The molecule has 1 aromatic rings. The van der Waals surface area contributed by atoms with Crippen molar-refractivity contribution in [1.29, 1.82) is 0 Å². The molecule has 1 unspecified atom stereocenters. The van der Waals surface area contributed by atoms with Gasteiger partial charge >= 0.3 is 5.97 Å². The molecule has 1 saturated heterocycles. The Morgan fingerprint density at radius 3 is 2.68 bits per heavy atom. The number of esters is 1. The van der Waals surface area contributed by atoms with E-state index in [1.54, 1.807) is 11.8 Å². The van der Waals surface area contributed by atoms with Crippen molar-refractivity contribution in [3.05, 3.63) is 29.8 Å². The topological polar surface area (TPSA) is 58.6 Å². The van der Waals surface area contributed by atoms with Gasteiger partial charge in [0.1, 0.15) is 0 Å². The van der Waals surface area contributed by atoms with E-state index in [1.165, 1.54) is 0 Å². The number of benzene rings is 1. The van der Waals surface area contributed by atoms with Crippen LogP contribution < -0.4 is 5.32 Å². The molecule has 0 spiro atoms. The van der Waals surface area contributed by atoms with Crippen LogP contribution >= 0.6 is 0 Å². The maximum Gasteiger partial charge on any atom is 0.349 e. The van der Waals surface area contributed by atoms with Crippen molar-refractivity contribution in [1.82, 2.24) is 4.90 Å². The average Bonchev–Trinajstić information content (AvgIpc) is 2.71. The van der Waals surface area contributed by atoms with Gasteiger partial charge in [0.2, 0.25) is 12.1 Å². The third-order valence-corrected chi connectivity index (χ3v) is 3.79. The molecule has 1 N–H and O–H groups in total. The molecule has 1 heterocycles. The first-order chi connectivity index (χ1) is 10.6. The summed E-state index contributed by atoms with van der Waals surface area (Å²) in [7, 11) is 0. The number of rotatable bonds is 5. The highest BCUT2D eigenvalue weighted by Crippen LogP contribution is 2.18. The predicted molar refractivity (Wildman–Crippen MR) is 85.4 cm³/mol. The number of nitrogens with zero attached hydrogens (tertiary/aromatic N) is 1. The van der Waals surface area contributed by atoms with Gasteiger partial charge in [0.15, 0.2) is 0 Å². The third-order valence-electron chi connectivity index (χ3n) is 3.79. The summed E-state index contributed by atoms with van der Waals surface area (Å²) in [5, 5.41) is 3.15. The number of carbonyl (C=O) groups is 2. The number of hydrogen-bond donors (Lipinski definition) is 1. The fourth-order valence-corrected chi connectivity index (χ4v) is 2.57. The molecule has 5 nitrogen and oxygen atoms in total. The van der Waals surface area contributed by atoms with Crippen LogP contribution in [0.4, 0.5) is 5.69 Å². The Kier molecular flexibility index (Phi) is 5.81. The van der Waals surface area contributed by atoms with Crippen LogP contribution in [0.25, 0.3) is 0 Å². The molecular formula is C17H24N2O3. The van der Waals surface area contributed by atoms with Crippen molar-refractivity contribution in [3.63, 3.8) is 0 Å². The second-order valence-electron chi connectivity index (χ2n) is 5.56. The molecule has 1 atom stereocenters. The van der Waals surface area contributed by atoms with Gasteiger partial charge in [-0.15, -0.1) is 0 Å². The zero-order valence-corrected chi connectivity index (χ0v) is 13.3. The highest BCUT2D eigenvalue weighted by molar-refractivity contribution is 5.86. The summed E-state index contributed by atoms with van der Waals surface area (Å²) in [4.78, 5) is 26.2. The van der Waals surface area contributed by atoms with Crippen LogP contribution in [0.5, 0.6) is 0 Å². The third kappa shape index (κ3) is 4.23. The van der Waals surface area contributed by atoms with Crippen LogP contribution in [0.3, 0.4) is 0 Å². The van der Waals surface area contributed by atoms with Crippen molar-refractivity contribution >= 4 is 17.6 Å². The molecule has 0 saturated carbocycles. The van der Waals surface area contributed by atoms with E-state index in [1.807, 2.05) is 31.2 Å². The zero-order chi connectivity index (χ0) is 15.9. The monoisotopic (exact) mass is 304 g/mol. The summed E-state index contributed by atoms with van der Waals surface area (Å²) in [5.41, 5.74) is 1.95. The summed E-state index contributed by atoms with van der Waals surface area (Å²) in [5.74, 6) is -0.395. The summed E-state index contributed by atoms with van der Waals surface area (Å²) in [6.45, 7) is 4.66. The molecular weight excluding hydrogens is 280 g/mol. The van der Waals surface area contributed by atoms with Gasteiger partial charge in [0.05, 0.1) is 6.61 Å². The number of hydrogen-bond acceptors (Lipinski definition) is 4. The smallest absolute Gasteiger partial charge is 0.349 e. The number of likely N-dealkylation sites (tertiary alicyclic amines) is 1. The van der Waals surface area contributed by atoms with Crippen molar-refractivity contribution in [2.45, 2.75) is 45.7 Å². The Balaban J connectivity index is 2.19. The van der Waals surface area contributed by atoms with Crippen LogP contribution in [0.1, 0.15) is 38.2 Å². The van der Waals surface area contributed by atoms with Gasteiger partial charge in [-0.3, -0.25) is 4.79 Å². The minimum absolute atomic E-state index is 0.00941. The van der Waals surface area contributed by atoms with Gasteiger partial charge in [0, 0.05) is 18.7 Å². The molecule has 1 fully saturated rings. The first-order valence-electron chi connectivity index (χ1n) is 7.91. The lowest BCUT2D eigenvalue weighted by atomic mass is 10.2. The second kappa shape index (κ2) is 7.82. The van der Waals surface area contributed by atoms with E-state index in [2.05, 4.69) is 5.32 Å². The van der Waals surface area contributed by atoms with Gasteiger partial charge in [-0.25, -0.2) is 4.79 Å². The standard InChI is InChI=1S/C17H24N2O3/c1-3-22-17(21)16(18-14-10-8-13(2)9-11-14)19-12-6-4-5-7-15(19)20/h8-11,16,18H,3-7,12H2,1-2H3. The van der Waals surface area contributed by atoms with E-state index in [0.29, 0.717) is 19.6 Å². The molecule has 0 bridgehead atoms. The number of anilines is 1. The quantitative estimate of drug-likeness (QED) is 0.850. The van der Waals surface area contributed by atoms with Crippen molar-refractivity contribution in [2.75, 3.05) is 18.5 Å². The maximum atomic E-state index is 12.3. The fraction of sp³-hybridized carbons (Fsp3) is 0.529. The highest BCUT2D eigenvalue weighted by Gasteiger charge is 2.31. The fourth-order valence-electron chi connectivity index (χ4n) is 2.57. The number of aryl methyl sites for hydroxylation is 1. The Bertz CT molecular complexity index is 513. The molecule has 120 valence electrons. The average molecular weight is 304 g/mol. The van der Waals surface area contributed by atoms with Crippen molar-refractivity contribution in [3.8, 4) is 0 Å². The Morgan fingerprint density at radius 2 is 2.00 bits per heavy atom. The minimum atomic E-state index is -0.756. The Labute approximate surface area is 131 Å². The first-order valence-corrected chi connectivity index (χ1v) is 7.91. The van der Waals surface area contributed by atoms with E-state index in [4.69, 9.17) is 4.74 Å². The molecule has 0 aromatic heterocycles. The zero-order valence-electron chi connectivity index (χ0n) is 13.3. The predicted octanol–water partition coefficient (Wildman–Crippen LogP) is 2.70. The van der Waals surface area contributed by atoms with Crippen LogP contribution in [0.15, 0.2) is 24.3 Å². The number of nitrogens with one attached hydrogen (secondary N) is 1. The highest BCUT2D eigenvalue weighted by atomic mass is 16.5. The van der Waals surface area contributed by atoms with E-state index in [-0.39, 0.29) is 5.91 Å². The van der Waals surface area contributed by atoms with Crippen molar-refractivity contribution in [2.24, 2.45) is 0 Å². The van der Waals surface area contributed by atoms with Crippen LogP contribution in [0.2, 0.25) is 0 Å². The summed E-state index contributed by atoms with van der Waals surface area (Å²) >= 11 is 0. The van der Waals surface area contributed by atoms with Gasteiger partial charge in [-0.2, -0.15) is 0 Å². The molecule has 2 rings (SSSR count). The second-order valence-corrected chi connectivity index (χ2v) is 5.56. The SMILES string of the molecule is CCOC(=O)C(Nc1ccc(C)cc1)N1CCCCCC1=O. The summed E-state index contributed by atoms with van der Waals surface area (Å²) < 4.78 is 5.15. The lowest BCUT2D eigenvalue weighted by molar-refractivity contribution is -0.153. The molecule has 1 aliphatic rings. The lowest BCUT2D eigenvalue weighted by Crippen LogP contribution is -2.50. The van der Waals surface area contributed by atoms with Gasteiger partial charge in [-0.05, 0) is 38.8 Å². The van der Waals surface area contributed by atoms with E-state index in [9.17, 15) is 9.59 Å². The lowest BCUT2D eigenvalue weighted by Gasteiger charge is -2.30. The van der Waals surface area contributed by atoms with Gasteiger partial charge < -0.3 is 15.0 Å². The van der Waals surface area contributed by atoms with E-state index < -0.39 is 12.1 Å². The Morgan fingerprint density at radius 1 is 1.27 bits per heavy atom. The Hall–Kier alpha value is -2.04. The van der Waals surface area contributed by atoms with Crippen molar-refractivity contribution < 1.29 is 14.3 Å². The van der Waals surface area contributed by atoms with Crippen LogP contribution in [-0.4, -0.2) is 36.1 Å². The maximum absolute atomic E-state index is 12.3. The number of ether oxygens (including phenoxy) is 1. The molecule has 0 radical (unpaired) electrons. The minimum Gasteiger partial charge on any atom is -0.463 e. The molecule has 22 heavy (non-hydrogen) atoms. The normalized spacial score (nSPS) is 16.8. The largest absolute Gasteiger partial charge is 0.463 e. The van der Waals surface area contributed by atoms with Crippen LogP contribution in [-0.2, 0) is 14.3 Å². The van der Waals surface area contributed by atoms with E-state index >= 15 is 0 Å². The van der Waals surface area contributed by atoms with E-state index in [0.717, 1.165) is 30.5 Å². The van der Waals surface area contributed by atoms with Gasteiger partial charge in [0.25, 0.3) is 0 Å². The summed E-state index contributed by atoms with van der Waals surface area (Å²) in [6.07, 6.45) is 2.55. The molecule has 1 aliphatic heterocycles. The molecule has 1 amide bonds. The molecule has 1 aromatic carbocycles. The molecule has 5 heteroatoms. The summed E-state index contributed by atoms with van der Waals surface area (Å²) in [6, 6.07) is 7.75. The first kappa shape index (κ1) is 16.3. The number of carbonyl (C=O) groups excluding carboxylic acids is 2. The number of amides is 1. The van der Waals surface area contributed by atoms with Crippen LogP contribution in [0, 0.1) is 6.92 Å².